The number of benzene rings is 2. The molecule has 4 aromatic rings. The number of anilines is 1. The van der Waals surface area contributed by atoms with Gasteiger partial charge in [0.15, 0.2) is 5.82 Å². The van der Waals surface area contributed by atoms with Crippen molar-refractivity contribution in [3.05, 3.63) is 64.6 Å². The highest BCUT2D eigenvalue weighted by molar-refractivity contribution is 5.82. The zero-order chi connectivity index (χ0) is 22.7. The van der Waals surface area contributed by atoms with E-state index in [2.05, 4.69) is 34.5 Å². The lowest BCUT2D eigenvalue weighted by atomic mass is 10.1. The molecule has 4 rings (SSSR count). The molecule has 0 bridgehead atoms. The van der Waals surface area contributed by atoms with E-state index in [-0.39, 0.29) is 17.9 Å². The van der Waals surface area contributed by atoms with E-state index in [1.807, 2.05) is 41.2 Å². The van der Waals surface area contributed by atoms with Crippen LogP contribution in [0.5, 0.6) is 0 Å². The molecule has 2 aromatic heterocycles. The first-order valence-electron chi connectivity index (χ1n) is 10.8. The van der Waals surface area contributed by atoms with Crippen molar-refractivity contribution < 1.29 is 4.79 Å². The van der Waals surface area contributed by atoms with Gasteiger partial charge in [-0.05, 0) is 37.1 Å². The minimum Gasteiger partial charge on any atom is -0.358 e. The van der Waals surface area contributed by atoms with E-state index in [9.17, 15) is 9.59 Å². The van der Waals surface area contributed by atoms with Crippen LogP contribution in [0.2, 0.25) is 0 Å². The first kappa shape index (κ1) is 21.5. The molecular weight excluding hydrogens is 404 g/mol. The summed E-state index contributed by atoms with van der Waals surface area (Å²) in [6.45, 7) is 3.67. The average molecular weight is 433 g/mol. The molecule has 32 heavy (non-hydrogen) atoms. The summed E-state index contributed by atoms with van der Waals surface area (Å²) in [5.74, 6) is 0.288. The third-order valence-electron chi connectivity index (χ3n) is 5.60. The van der Waals surface area contributed by atoms with Crippen molar-refractivity contribution in [2.75, 3.05) is 25.5 Å². The zero-order valence-corrected chi connectivity index (χ0v) is 18.7. The molecule has 0 unspecified atom stereocenters. The summed E-state index contributed by atoms with van der Waals surface area (Å²) in [5.41, 5.74) is 3.59. The van der Waals surface area contributed by atoms with Crippen LogP contribution >= 0.6 is 0 Å². The molecule has 0 radical (unpaired) electrons. The molecule has 0 atom stereocenters. The Morgan fingerprint density at radius 3 is 2.66 bits per heavy atom. The molecule has 8 heteroatoms. The van der Waals surface area contributed by atoms with Crippen molar-refractivity contribution in [1.82, 2.24) is 24.6 Å². The molecule has 1 N–H and O–H groups in total. The Morgan fingerprint density at radius 1 is 1.06 bits per heavy atom. The maximum Gasteiger partial charge on any atom is 0.293 e. The summed E-state index contributed by atoms with van der Waals surface area (Å²) in [4.78, 5) is 31.5. The van der Waals surface area contributed by atoms with Gasteiger partial charge in [0.2, 0.25) is 5.91 Å². The van der Waals surface area contributed by atoms with Crippen molar-refractivity contribution >= 4 is 33.7 Å². The number of carbonyl (C=O) groups is 1. The van der Waals surface area contributed by atoms with Crippen molar-refractivity contribution in [1.29, 1.82) is 0 Å². The Balaban J connectivity index is 1.35. The fourth-order valence-electron chi connectivity index (χ4n) is 3.88. The standard InChI is InChI=1S/C24H28N6O2/c1-17-8-6-11-20-18(17)16-26-30(20)14-7-13-25-22(31)12-15-29-21-10-5-4-9-19(21)27-23(24(29)32)28(2)3/h4-6,8-11,16H,7,12-15H2,1-3H3,(H,25,31). The highest BCUT2D eigenvalue weighted by Gasteiger charge is 2.13. The first-order valence-corrected chi connectivity index (χ1v) is 10.8. The van der Waals surface area contributed by atoms with E-state index in [1.54, 1.807) is 23.6 Å². The lowest BCUT2D eigenvalue weighted by molar-refractivity contribution is -0.121. The van der Waals surface area contributed by atoms with Crippen molar-refractivity contribution in [2.24, 2.45) is 0 Å². The van der Waals surface area contributed by atoms with Crippen LogP contribution in [-0.4, -0.2) is 45.9 Å². The Labute approximate surface area is 186 Å². The van der Waals surface area contributed by atoms with Crippen molar-refractivity contribution in [3.8, 4) is 0 Å². The predicted octanol–water partition coefficient (Wildman–Crippen LogP) is 2.72. The number of para-hydroxylation sites is 2. The molecule has 0 fully saturated rings. The van der Waals surface area contributed by atoms with Gasteiger partial charge in [0, 0.05) is 45.5 Å². The van der Waals surface area contributed by atoms with E-state index in [0.717, 1.165) is 34.9 Å². The van der Waals surface area contributed by atoms with Crippen LogP contribution in [0.15, 0.2) is 53.5 Å². The summed E-state index contributed by atoms with van der Waals surface area (Å²) in [6, 6.07) is 13.7. The third-order valence-corrected chi connectivity index (χ3v) is 5.60. The largest absolute Gasteiger partial charge is 0.358 e. The molecule has 0 saturated heterocycles. The van der Waals surface area contributed by atoms with Gasteiger partial charge in [0.05, 0.1) is 22.7 Å². The van der Waals surface area contributed by atoms with Crippen molar-refractivity contribution in [3.63, 3.8) is 0 Å². The molecule has 8 nitrogen and oxygen atoms in total. The topological polar surface area (TPSA) is 85.0 Å². The van der Waals surface area contributed by atoms with Gasteiger partial charge >= 0.3 is 0 Å². The minimum absolute atomic E-state index is 0.0784. The van der Waals surface area contributed by atoms with Gasteiger partial charge in [-0.15, -0.1) is 0 Å². The predicted molar refractivity (Wildman–Crippen MR) is 127 cm³/mol. The summed E-state index contributed by atoms with van der Waals surface area (Å²) >= 11 is 0. The monoisotopic (exact) mass is 432 g/mol. The normalized spacial score (nSPS) is 11.2. The molecular formula is C24H28N6O2. The van der Waals surface area contributed by atoms with Crippen LogP contribution in [0, 0.1) is 6.92 Å². The van der Waals surface area contributed by atoms with Gasteiger partial charge in [-0.3, -0.25) is 14.3 Å². The number of hydrogen-bond donors (Lipinski definition) is 1. The van der Waals surface area contributed by atoms with E-state index in [4.69, 9.17) is 0 Å². The van der Waals surface area contributed by atoms with Gasteiger partial charge in [0.25, 0.3) is 5.56 Å². The minimum atomic E-state index is -0.192. The van der Waals surface area contributed by atoms with Gasteiger partial charge < -0.3 is 14.8 Å². The van der Waals surface area contributed by atoms with E-state index >= 15 is 0 Å². The van der Waals surface area contributed by atoms with Crippen LogP contribution in [0.1, 0.15) is 18.4 Å². The number of fused-ring (bicyclic) bond motifs is 2. The molecule has 1 amide bonds. The molecule has 166 valence electrons. The fraction of sp³-hybridized carbons (Fsp3) is 0.333. The first-order chi connectivity index (χ1) is 15.5. The number of nitrogens with one attached hydrogen (secondary N) is 1. The van der Waals surface area contributed by atoms with Gasteiger partial charge in [-0.1, -0.05) is 24.3 Å². The Hall–Kier alpha value is -3.68. The van der Waals surface area contributed by atoms with Crippen LogP contribution in [0.25, 0.3) is 21.9 Å². The second-order valence-electron chi connectivity index (χ2n) is 8.10. The van der Waals surface area contributed by atoms with E-state index in [1.165, 1.54) is 5.56 Å². The SMILES string of the molecule is Cc1cccc2c1cnn2CCCNC(=O)CCn1c(=O)c(N(C)C)nc2ccccc21. The number of nitrogens with zero attached hydrogens (tertiary/aromatic N) is 5. The third kappa shape index (κ3) is 4.34. The molecule has 0 aliphatic rings. The smallest absolute Gasteiger partial charge is 0.293 e. The summed E-state index contributed by atoms with van der Waals surface area (Å²) < 4.78 is 3.61. The average Bonchev–Trinajstić information content (AvgIpc) is 3.20. The second-order valence-corrected chi connectivity index (χ2v) is 8.10. The maximum atomic E-state index is 12.9. The number of amides is 1. The Kier molecular flexibility index (Phi) is 6.20. The zero-order valence-electron chi connectivity index (χ0n) is 18.7. The van der Waals surface area contributed by atoms with Gasteiger partial charge in [0.1, 0.15) is 0 Å². The van der Waals surface area contributed by atoms with Crippen LogP contribution in [0.4, 0.5) is 5.82 Å². The molecule has 0 spiro atoms. The van der Waals surface area contributed by atoms with Crippen LogP contribution in [-0.2, 0) is 17.9 Å². The Morgan fingerprint density at radius 2 is 1.84 bits per heavy atom. The maximum absolute atomic E-state index is 12.9. The molecule has 2 heterocycles. The lowest BCUT2D eigenvalue weighted by Gasteiger charge is -2.16. The molecule has 0 aliphatic heterocycles. The van der Waals surface area contributed by atoms with Crippen LogP contribution < -0.4 is 15.8 Å². The van der Waals surface area contributed by atoms with E-state index in [0.29, 0.717) is 18.9 Å². The van der Waals surface area contributed by atoms with E-state index < -0.39 is 0 Å². The molecule has 2 aromatic carbocycles. The summed E-state index contributed by atoms with van der Waals surface area (Å²) in [6.07, 6.45) is 2.89. The number of rotatable bonds is 8. The van der Waals surface area contributed by atoms with Crippen LogP contribution in [0.3, 0.4) is 0 Å². The fourth-order valence-corrected chi connectivity index (χ4v) is 3.88. The summed E-state index contributed by atoms with van der Waals surface area (Å²) in [5, 5.41) is 8.58. The summed E-state index contributed by atoms with van der Waals surface area (Å²) in [7, 11) is 3.58. The quantitative estimate of drug-likeness (QED) is 0.433. The second kappa shape index (κ2) is 9.21. The Bertz CT molecular complexity index is 1320. The number of hydrogen-bond acceptors (Lipinski definition) is 5. The van der Waals surface area contributed by atoms with Crippen molar-refractivity contribution in [2.45, 2.75) is 32.9 Å². The molecule has 0 aliphatic carbocycles. The lowest BCUT2D eigenvalue weighted by Crippen LogP contribution is -2.31. The number of aryl methyl sites for hydroxylation is 3. The van der Waals surface area contributed by atoms with Gasteiger partial charge in [-0.25, -0.2) is 4.98 Å². The van der Waals surface area contributed by atoms with Gasteiger partial charge in [-0.2, -0.15) is 5.10 Å². The number of carbonyl (C=O) groups excluding carboxylic acids is 1. The number of aromatic nitrogens is 4. The molecule has 0 saturated carbocycles. The highest BCUT2D eigenvalue weighted by atomic mass is 16.2. The highest BCUT2D eigenvalue weighted by Crippen LogP contribution is 2.17.